The third-order valence-electron chi connectivity index (χ3n) is 3.63. The van der Waals surface area contributed by atoms with Gasteiger partial charge in [-0.2, -0.15) is 4.98 Å². The molecule has 0 spiro atoms. The van der Waals surface area contributed by atoms with Gasteiger partial charge in [0.2, 0.25) is 5.89 Å². The van der Waals surface area contributed by atoms with Crippen molar-refractivity contribution in [1.82, 2.24) is 15.5 Å². The molecule has 0 aliphatic carbocycles. The fraction of sp³-hybridized carbons (Fsp3) is 0.467. The van der Waals surface area contributed by atoms with E-state index in [1.807, 2.05) is 6.07 Å². The average molecular weight is 275 g/mol. The highest BCUT2D eigenvalue weighted by Crippen LogP contribution is 2.13. The molecular weight excluding hydrogens is 257 g/mol. The normalized spacial score (nSPS) is 18.6. The van der Waals surface area contributed by atoms with Crippen molar-refractivity contribution in [3.05, 3.63) is 47.4 Å². The number of rotatable bonds is 5. The van der Waals surface area contributed by atoms with Gasteiger partial charge in [0.15, 0.2) is 5.82 Å². The Morgan fingerprint density at radius 3 is 3.15 bits per heavy atom. The fourth-order valence-electron chi connectivity index (χ4n) is 2.59. The fourth-order valence-corrected chi connectivity index (χ4v) is 2.59. The first kappa shape index (κ1) is 13.2. The summed E-state index contributed by atoms with van der Waals surface area (Å²) in [6.45, 7) is 1.11. The topological polar surface area (TPSA) is 51.0 Å². The summed E-state index contributed by atoms with van der Waals surface area (Å²) in [5.74, 6) is 1.05. The maximum atomic E-state index is 13.1. The van der Waals surface area contributed by atoms with Crippen molar-refractivity contribution < 1.29 is 8.91 Å². The minimum atomic E-state index is -0.237. The van der Waals surface area contributed by atoms with E-state index in [-0.39, 0.29) is 5.82 Å². The number of nitrogens with one attached hydrogen (secondary N) is 1. The lowest BCUT2D eigenvalue weighted by atomic mass is 10.1. The number of aromatic nitrogens is 2. The van der Waals surface area contributed by atoms with Crippen LogP contribution in [-0.4, -0.2) is 22.7 Å². The van der Waals surface area contributed by atoms with Crippen molar-refractivity contribution in [2.75, 3.05) is 6.54 Å². The van der Waals surface area contributed by atoms with Crippen molar-refractivity contribution in [1.29, 1.82) is 0 Å². The van der Waals surface area contributed by atoms with Crippen molar-refractivity contribution in [2.45, 2.75) is 38.1 Å². The monoisotopic (exact) mass is 275 g/mol. The predicted octanol–water partition coefficient (Wildman–Crippen LogP) is 2.48. The molecule has 0 bridgehead atoms. The minimum Gasteiger partial charge on any atom is -0.339 e. The van der Waals surface area contributed by atoms with Gasteiger partial charge in [-0.25, -0.2) is 4.39 Å². The second-order valence-electron chi connectivity index (χ2n) is 5.24. The van der Waals surface area contributed by atoms with E-state index in [4.69, 9.17) is 4.52 Å². The molecule has 1 aliphatic heterocycles. The van der Waals surface area contributed by atoms with Gasteiger partial charge in [0, 0.05) is 18.9 Å². The molecule has 0 saturated carbocycles. The van der Waals surface area contributed by atoms with Gasteiger partial charge in [-0.3, -0.25) is 0 Å². The molecule has 1 aromatic carbocycles. The zero-order valence-corrected chi connectivity index (χ0v) is 11.3. The molecule has 2 heterocycles. The van der Waals surface area contributed by atoms with Gasteiger partial charge in [0.25, 0.3) is 0 Å². The Bertz CT molecular complexity index is 564. The first-order valence-corrected chi connectivity index (χ1v) is 7.09. The van der Waals surface area contributed by atoms with Crippen molar-refractivity contribution >= 4 is 0 Å². The molecule has 0 radical (unpaired) electrons. The number of halogens is 1. The summed E-state index contributed by atoms with van der Waals surface area (Å²) in [7, 11) is 0. The molecule has 1 atom stereocenters. The quantitative estimate of drug-likeness (QED) is 0.911. The average Bonchev–Trinajstić information content (AvgIpc) is 3.07. The summed E-state index contributed by atoms with van der Waals surface area (Å²) in [6, 6.07) is 7.06. The molecule has 1 saturated heterocycles. The van der Waals surface area contributed by atoms with Gasteiger partial charge in [-0.05, 0) is 43.5 Å². The van der Waals surface area contributed by atoms with Crippen molar-refractivity contribution in [3.63, 3.8) is 0 Å². The standard InChI is InChI=1S/C15H18FN3O/c16-12-4-1-3-11(9-12)10-14-18-15(20-19-14)7-6-13-5-2-8-17-13/h1,3-4,9,13,17H,2,5-8,10H2. The molecular formula is C15H18FN3O. The second kappa shape index (κ2) is 6.13. The smallest absolute Gasteiger partial charge is 0.226 e. The van der Waals surface area contributed by atoms with E-state index < -0.39 is 0 Å². The Morgan fingerprint density at radius 2 is 2.35 bits per heavy atom. The van der Waals surface area contributed by atoms with E-state index in [1.54, 1.807) is 6.07 Å². The first-order valence-electron chi connectivity index (χ1n) is 7.09. The molecule has 1 N–H and O–H groups in total. The van der Waals surface area contributed by atoms with E-state index in [0.717, 1.165) is 24.9 Å². The highest BCUT2D eigenvalue weighted by Gasteiger charge is 2.15. The van der Waals surface area contributed by atoms with E-state index in [0.29, 0.717) is 24.2 Å². The Labute approximate surface area is 117 Å². The molecule has 0 amide bonds. The maximum absolute atomic E-state index is 13.1. The van der Waals surface area contributed by atoms with Crippen LogP contribution in [0.2, 0.25) is 0 Å². The van der Waals surface area contributed by atoms with Crippen molar-refractivity contribution in [3.8, 4) is 0 Å². The molecule has 20 heavy (non-hydrogen) atoms. The lowest BCUT2D eigenvalue weighted by molar-refractivity contribution is 0.364. The number of hydrogen-bond acceptors (Lipinski definition) is 4. The van der Waals surface area contributed by atoms with E-state index in [9.17, 15) is 4.39 Å². The molecule has 3 rings (SSSR count). The van der Waals surface area contributed by atoms with Crippen LogP contribution in [0.5, 0.6) is 0 Å². The minimum absolute atomic E-state index is 0.237. The lowest BCUT2D eigenvalue weighted by Crippen LogP contribution is -2.21. The van der Waals surface area contributed by atoms with Crippen LogP contribution in [0.25, 0.3) is 0 Å². The van der Waals surface area contributed by atoms with Crippen LogP contribution in [0, 0.1) is 5.82 Å². The Hall–Kier alpha value is -1.75. The zero-order chi connectivity index (χ0) is 13.8. The zero-order valence-electron chi connectivity index (χ0n) is 11.3. The summed E-state index contributed by atoms with van der Waals surface area (Å²) in [5, 5.41) is 7.41. The highest BCUT2D eigenvalue weighted by atomic mass is 19.1. The first-order chi connectivity index (χ1) is 9.79. The number of nitrogens with zero attached hydrogens (tertiary/aromatic N) is 2. The molecule has 1 aliphatic rings. The SMILES string of the molecule is Fc1cccc(Cc2noc(CCC3CCCN3)n2)c1. The van der Waals surface area contributed by atoms with Crippen molar-refractivity contribution in [2.24, 2.45) is 0 Å². The third-order valence-corrected chi connectivity index (χ3v) is 3.63. The summed E-state index contributed by atoms with van der Waals surface area (Å²) >= 11 is 0. The van der Waals surface area contributed by atoms with E-state index >= 15 is 0 Å². The van der Waals surface area contributed by atoms with Crippen LogP contribution in [0.1, 0.15) is 36.5 Å². The highest BCUT2D eigenvalue weighted by molar-refractivity contribution is 5.19. The van der Waals surface area contributed by atoms with Crippen LogP contribution in [0.3, 0.4) is 0 Å². The summed E-state index contributed by atoms with van der Waals surface area (Å²) < 4.78 is 18.3. The molecule has 1 unspecified atom stereocenters. The van der Waals surface area contributed by atoms with E-state index in [2.05, 4.69) is 15.5 Å². The van der Waals surface area contributed by atoms with Crippen LogP contribution in [-0.2, 0) is 12.8 Å². The van der Waals surface area contributed by atoms with Gasteiger partial charge in [0.1, 0.15) is 5.82 Å². The molecule has 5 heteroatoms. The summed E-state index contributed by atoms with van der Waals surface area (Å²) in [5.41, 5.74) is 0.856. The number of hydrogen-bond donors (Lipinski definition) is 1. The predicted molar refractivity (Wildman–Crippen MR) is 72.8 cm³/mol. The number of benzene rings is 1. The van der Waals surface area contributed by atoms with Gasteiger partial charge in [-0.1, -0.05) is 17.3 Å². The largest absolute Gasteiger partial charge is 0.339 e. The molecule has 106 valence electrons. The van der Waals surface area contributed by atoms with Gasteiger partial charge in [-0.15, -0.1) is 0 Å². The number of aryl methyl sites for hydroxylation is 1. The maximum Gasteiger partial charge on any atom is 0.226 e. The van der Waals surface area contributed by atoms with Crippen LogP contribution in [0.4, 0.5) is 4.39 Å². The van der Waals surface area contributed by atoms with Crippen LogP contribution in [0.15, 0.2) is 28.8 Å². The summed E-state index contributed by atoms with van der Waals surface area (Å²) in [4.78, 5) is 4.37. The molecule has 4 nitrogen and oxygen atoms in total. The second-order valence-corrected chi connectivity index (χ2v) is 5.24. The Balaban J connectivity index is 1.56. The Morgan fingerprint density at radius 1 is 1.40 bits per heavy atom. The molecule has 1 aromatic heterocycles. The summed E-state index contributed by atoms with van der Waals surface area (Å²) in [6.07, 6.45) is 4.81. The van der Waals surface area contributed by atoms with Gasteiger partial charge >= 0.3 is 0 Å². The molecule has 2 aromatic rings. The molecule has 1 fully saturated rings. The Kier molecular flexibility index (Phi) is 4.06. The van der Waals surface area contributed by atoms with E-state index in [1.165, 1.54) is 25.0 Å². The lowest BCUT2D eigenvalue weighted by Gasteiger charge is -2.06. The van der Waals surface area contributed by atoms with Crippen LogP contribution < -0.4 is 5.32 Å². The van der Waals surface area contributed by atoms with Gasteiger partial charge < -0.3 is 9.84 Å². The van der Waals surface area contributed by atoms with Crippen LogP contribution >= 0.6 is 0 Å². The third kappa shape index (κ3) is 3.42. The van der Waals surface area contributed by atoms with Gasteiger partial charge in [0.05, 0.1) is 0 Å².